The summed E-state index contributed by atoms with van der Waals surface area (Å²) >= 11 is 0. The maximum atomic E-state index is 5.88. The second-order valence-corrected chi connectivity index (χ2v) is 5.55. The smallest absolute Gasteiger partial charge is 0.252 e. The molecule has 0 aliphatic carbocycles. The molecule has 5 heteroatoms. The molecule has 0 fully saturated rings. The van der Waals surface area contributed by atoms with Crippen molar-refractivity contribution in [2.24, 2.45) is 5.73 Å². The van der Waals surface area contributed by atoms with Crippen LogP contribution in [0.25, 0.3) is 0 Å². The Morgan fingerprint density at radius 1 is 1.16 bits per heavy atom. The highest BCUT2D eigenvalue weighted by Gasteiger charge is 2.21. The molecule has 1 aromatic rings. The van der Waals surface area contributed by atoms with Crippen LogP contribution in [0.15, 0.2) is 4.52 Å². The molecule has 0 saturated heterocycles. The van der Waals surface area contributed by atoms with Crippen LogP contribution < -0.4 is 5.73 Å². The van der Waals surface area contributed by atoms with E-state index in [0.717, 1.165) is 13.0 Å². The molecule has 2 N–H and O–H groups in total. The summed E-state index contributed by atoms with van der Waals surface area (Å²) in [5.74, 6) is 1.02. The third-order valence-electron chi connectivity index (χ3n) is 2.91. The summed E-state index contributed by atoms with van der Waals surface area (Å²) in [7, 11) is 0. The zero-order valence-electron chi connectivity index (χ0n) is 12.4. The van der Waals surface area contributed by atoms with E-state index in [1.807, 2.05) is 13.8 Å². The lowest BCUT2D eigenvalue weighted by Crippen LogP contribution is -2.30. The van der Waals surface area contributed by atoms with E-state index in [4.69, 9.17) is 15.0 Å². The van der Waals surface area contributed by atoms with E-state index in [0.29, 0.717) is 18.3 Å². The SMILES string of the molecule is CCCCCCCCOCc1nc(C(C)(C)N)no1. The Labute approximate surface area is 115 Å². The molecule has 0 atom stereocenters. The molecule has 0 saturated carbocycles. The zero-order valence-corrected chi connectivity index (χ0v) is 12.4. The van der Waals surface area contributed by atoms with Gasteiger partial charge in [-0.3, -0.25) is 0 Å². The average molecular weight is 269 g/mol. The van der Waals surface area contributed by atoms with Gasteiger partial charge >= 0.3 is 0 Å². The Bertz CT molecular complexity index is 345. The van der Waals surface area contributed by atoms with Crippen molar-refractivity contribution in [2.45, 2.75) is 71.4 Å². The summed E-state index contributed by atoms with van der Waals surface area (Å²) in [5, 5.41) is 3.85. The van der Waals surface area contributed by atoms with E-state index in [1.165, 1.54) is 32.1 Å². The van der Waals surface area contributed by atoms with E-state index in [2.05, 4.69) is 17.1 Å². The van der Waals surface area contributed by atoms with Gasteiger partial charge < -0.3 is 15.0 Å². The predicted molar refractivity (Wildman–Crippen MR) is 74.5 cm³/mol. The second kappa shape index (κ2) is 8.27. The monoisotopic (exact) mass is 269 g/mol. The van der Waals surface area contributed by atoms with Crippen molar-refractivity contribution in [1.29, 1.82) is 0 Å². The van der Waals surface area contributed by atoms with E-state index >= 15 is 0 Å². The molecule has 0 amide bonds. The highest BCUT2D eigenvalue weighted by molar-refractivity contribution is 4.98. The number of ether oxygens (including phenoxy) is 1. The highest BCUT2D eigenvalue weighted by atomic mass is 16.5. The van der Waals surface area contributed by atoms with Crippen molar-refractivity contribution in [3.8, 4) is 0 Å². The lowest BCUT2D eigenvalue weighted by molar-refractivity contribution is 0.0942. The van der Waals surface area contributed by atoms with Gasteiger partial charge in [-0.15, -0.1) is 0 Å². The van der Waals surface area contributed by atoms with Crippen LogP contribution in [0.2, 0.25) is 0 Å². The van der Waals surface area contributed by atoms with Crippen LogP contribution in [0.4, 0.5) is 0 Å². The maximum Gasteiger partial charge on any atom is 0.252 e. The summed E-state index contributed by atoms with van der Waals surface area (Å²) < 4.78 is 10.6. The number of hydrogen-bond donors (Lipinski definition) is 1. The van der Waals surface area contributed by atoms with E-state index in [1.54, 1.807) is 0 Å². The Kier molecular flexibility index (Phi) is 7.02. The number of hydrogen-bond acceptors (Lipinski definition) is 5. The van der Waals surface area contributed by atoms with Gasteiger partial charge in [0, 0.05) is 6.61 Å². The van der Waals surface area contributed by atoms with Crippen LogP contribution >= 0.6 is 0 Å². The number of aromatic nitrogens is 2. The summed E-state index contributed by atoms with van der Waals surface area (Å²) in [6.45, 7) is 7.04. The third-order valence-corrected chi connectivity index (χ3v) is 2.91. The molecule has 1 aromatic heterocycles. The fourth-order valence-corrected chi connectivity index (χ4v) is 1.72. The van der Waals surface area contributed by atoms with Crippen molar-refractivity contribution in [2.75, 3.05) is 6.61 Å². The molecule has 5 nitrogen and oxygen atoms in total. The third kappa shape index (κ3) is 6.68. The Morgan fingerprint density at radius 2 is 1.84 bits per heavy atom. The summed E-state index contributed by atoms with van der Waals surface area (Å²) in [6.07, 6.45) is 7.56. The van der Waals surface area contributed by atoms with E-state index in [9.17, 15) is 0 Å². The minimum atomic E-state index is -0.568. The topological polar surface area (TPSA) is 74.2 Å². The van der Waals surface area contributed by atoms with Gasteiger partial charge in [-0.05, 0) is 20.3 Å². The van der Waals surface area contributed by atoms with Gasteiger partial charge in [0.05, 0.1) is 5.54 Å². The van der Waals surface area contributed by atoms with Crippen LogP contribution in [-0.4, -0.2) is 16.7 Å². The minimum Gasteiger partial charge on any atom is -0.372 e. The molecule has 0 aromatic carbocycles. The van der Waals surface area contributed by atoms with Gasteiger partial charge in [0.2, 0.25) is 0 Å². The van der Waals surface area contributed by atoms with Gasteiger partial charge in [-0.1, -0.05) is 44.2 Å². The quantitative estimate of drug-likeness (QED) is 0.660. The number of nitrogens with two attached hydrogens (primary N) is 1. The molecule has 0 unspecified atom stereocenters. The van der Waals surface area contributed by atoms with Crippen molar-refractivity contribution >= 4 is 0 Å². The first kappa shape index (κ1) is 16.1. The molecular weight excluding hydrogens is 242 g/mol. The molecule has 0 aliphatic rings. The van der Waals surface area contributed by atoms with Gasteiger partial charge in [0.15, 0.2) is 5.82 Å². The minimum absolute atomic E-state index is 0.373. The second-order valence-electron chi connectivity index (χ2n) is 5.55. The fraction of sp³-hybridized carbons (Fsp3) is 0.857. The standard InChI is InChI=1S/C14H27N3O2/c1-4-5-6-7-8-9-10-18-11-12-16-13(17-19-12)14(2,3)15/h4-11,15H2,1-3H3. The Hall–Kier alpha value is -0.940. The number of unbranched alkanes of at least 4 members (excludes halogenated alkanes) is 5. The van der Waals surface area contributed by atoms with Gasteiger partial charge in [0.25, 0.3) is 5.89 Å². The molecule has 1 rings (SSSR count). The van der Waals surface area contributed by atoms with Crippen molar-refractivity contribution in [1.82, 2.24) is 10.1 Å². The Balaban J connectivity index is 2.08. The molecule has 1 heterocycles. The maximum absolute atomic E-state index is 5.88. The Morgan fingerprint density at radius 3 is 2.47 bits per heavy atom. The largest absolute Gasteiger partial charge is 0.372 e. The summed E-state index contributed by atoms with van der Waals surface area (Å²) in [6, 6.07) is 0. The normalized spacial score (nSPS) is 12.0. The highest BCUT2D eigenvalue weighted by Crippen LogP contribution is 2.13. The molecule has 0 aliphatic heterocycles. The van der Waals surface area contributed by atoms with Crippen LogP contribution in [0.3, 0.4) is 0 Å². The van der Waals surface area contributed by atoms with Crippen LogP contribution in [0.5, 0.6) is 0 Å². The summed E-state index contributed by atoms with van der Waals surface area (Å²) in [5.41, 5.74) is 5.31. The first-order chi connectivity index (χ1) is 9.04. The number of nitrogens with zero attached hydrogens (tertiary/aromatic N) is 2. The van der Waals surface area contributed by atoms with Crippen molar-refractivity contribution in [3.05, 3.63) is 11.7 Å². The van der Waals surface area contributed by atoms with E-state index < -0.39 is 5.54 Å². The van der Waals surface area contributed by atoms with Crippen molar-refractivity contribution in [3.63, 3.8) is 0 Å². The van der Waals surface area contributed by atoms with Gasteiger partial charge in [0.1, 0.15) is 6.61 Å². The van der Waals surface area contributed by atoms with Gasteiger partial charge in [-0.25, -0.2) is 0 Å². The zero-order chi connectivity index (χ0) is 14.1. The van der Waals surface area contributed by atoms with Crippen LogP contribution in [0, 0.1) is 0 Å². The lowest BCUT2D eigenvalue weighted by atomic mass is 10.1. The fourth-order valence-electron chi connectivity index (χ4n) is 1.72. The first-order valence-electron chi connectivity index (χ1n) is 7.23. The molecule has 19 heavy (non-hydrogen) atoms. The molecule has 0 radical (unpaired) electrons. The molecule has 110 valence electrons. The average Bonchev–Trinajstić information content (AvgIpc) is 2.81. The lowest BCUT2D eigenvalue weighted by Gasteiger charge is -2.11. The number of rotatable bonds is 10. The van der Waals surface area contributed by atoms with Crippen molar-refractivity contribution < 1.29 is 9.26 Å². The van der Waals surface area contributed by atoms with Crippen LogP contribution in [0.1, 0.15) is 71.0 Å². The molecule has 0 bridgehead atoms. The van der Waals surface area contributed by atoms with E-state index in [-0.39, 0.29) is 0 Å². The first-order valence-corrected chi connectivity index (χ1v) is 7.23. The van der Waals surface area contributed by atoms with Gasteiger partial charge in [-0.2, -0.15) is 4.98 Å². The van der Waals surface area contributed by atoms with Crippen LogP contribution in [-0.2, 0) is 16.9 Å². The summed E-state index contributed by atoms with van der Waals surface area (Å²) in [4.78, 5) is 4.21. The predicted octanol–water partition coefficient (Wildman–Crippen LogP) is 3.14. The molecular formula is C14H27N3O2. The molecule has 0 spiro atoms.